The van der Waals surface area contributed by atoms with Crippen molar-refractivity contribution in [2.45, 2.75) is 13.3 Å². The van der Waals surface area contributed by atoms with E-state index in [9.17, 15) is 9.90 Å². The van der Waals surface area contributed by atoms with Crippen molar-refractivity contribution in [3.8, 4) is 0 Å². The minimum absolute atomic E-state index is 0.0947. The first-order valence-electron chi connectivity index (χ1n) is 6.30. The van der Waals surface area contributed by atoms with E-state index in [1.165, 1.54) is 4.90 Å². The first-order chi connectivity index (χ1) is 9.70. The molecule has 1 aliphatic rings. The highest BCUT2D eigenvalue weighted by molar-refractivity contribution is 6.00. The van der Waals surface area contributed by atoms with Gasteiger partial charge in [-0.2, -0.15) is 4.98 Å². The quantitative estimate of drug-likeness (QED) is 0.496. The Balaban J connectivity index is 2.06. The number of carbonyl (C=O) groups is 1. The zero-order valence-corrected chi connectivity index (χ0v) is 10.6. The highest BCUT2D eigenvalue weighted by Gasteiger charge is 2.31. The van der Waals surface area contributed by atoms with Gasteiger partial charge in [-0.05, 0) is 12.5 Å². The summed E-state index contributed by atoms with van der Waals surface area (Å²) in [6.45, 7) is 2.28. The monoisotopic (exact) mass is 270 g/mol. The molecule has 0 saturated carbocycles. The Morgan fingerprint density at radius 2 is 2.25 bits per heavy atom. The highest BCUT2D eigenvalue weighted by atomic mass is 16.3. The first kappa shape index (κ1) is 11.1. The smallest absolute Gasteiger partial charge is 0.351 e. The van der Waals surface area contributed by atoms with E-state index in [1.54, 1.807) is 27.6 Å². The van der Waals surface area contributed by atoms with Crippen molar-refractivity contribution in [2.75, 3.05) is 6.54 Å². The van der Waals surface area contributed by atoms with Crippen molar-refractivity contribution < 1.29 is 14.4 Å². The molecule has 100 valence electrons. The Kier molecular flexibility index (Phi) is 2.01. The third-order valence-corrected chi connectivity index (χ3v) is 3.28. The largest absolute Gasteiger partial charge is 0.857 e. The summed E-state index contributed by atoms with van der Waals surface area (Å²) in [5, 5.41) is 16.5. The molecule has 1 amide bonds. The van der Waals surface area contributed by atoms with Gasteiger partial charge < -0.3 is 10.0 Å². The average molecular weight is 270 g/mol. The normalized spacial score (nSPS) is 14.8. The predicted molar refractivity (Wildman–Crippen MR) is 63.9 cm³/mol. The van der Waals surface area contributed by atoms with E-state index in [1.807, 2.05) is 6.92 Å². The molecule has 0 aromatic carbocycles. The van der Waals surface area contributed by atoms with Gasteiger partial charge in [0.2, 0.25) is 0 Å². The number of hydrogen-bond donors (Lipinski definition) is 0. The number of hydrogen-bond acceptors (Lipinski definition) is 5. The molecule has 3 aromatic heterocycles. The predicted octanol–water partition coefficient (Wildman–Crippen LogP) is -2.13. The molecule has 0 atom stereocenters. The lowest BCUT2D eigenvalue weighted by atomic mass is 10.4. The van der Waals surface area contributed by atoms with Crippen molar-refractivity contribution >= 4 is 23.1 Å². The van der Waals surface area contributed by atoms with Crippen LogP contribution in [0.4, 0.5) is 0 Å². The summed E-state index contributed by atoms with van der Waals surface area (Å²) in [5.74, 6) is -0.772. The molecule has 1 aliphatic heterocycles. The van der Waals surface area contributed by atoms with Gasteiger partial charge in [0.05, 0.1) is 12.4 Å². The fourth-order valence-electron chi connectivity index (χ4n) is 2.39. The topological polar surface area (TPSA) is 90.6 Å². The maximum atomic E-state index is 12.2. The molecule has 0 bridgehead atoms. The molecule has 8 nitrogen and oxygen atoms in total. The molecule has 0 N–H and O–H groups in total. The Morgan fingerprint density at radius 1 is 1.40 bits per heavy atom. The summed E-state index contributed by atoms with van der Waals surface area (Å²) in [5.41, 5.74) is 0.911. The molecule has 20 heavy (non-hydrogen) atoms. The molecule has 0 aliphatic carbocycles. The summed E-state index contributed by atoms with van der Waals surface area (Å²) in [6.07, 6.45) is 4.20. The molecule has 4 heterocycles. The fraction of sp³-hybridized carbons (Fsp3) is 0.250. The molecule has 0 unspecified atom stereocenters. The Morgan fingerprint density at radius 3 is 3.05 bits per heavy atom. The molecule has 4 rings (SSSR count). The van der Waals surface area contributed by atoms with Gasteiger partial charge in [-0.25, -0.2) is 0 Å². The van der Waals surface area contributed by atoms with Gasteiger partial charge >= 0.3 is 11.3 Å². The lowest BCUT2D eigenvalue weighted by molar-refractivity contribution is -0.594. The number of fused-ring (bicyclic) bond motifs is 4. The zero-order chi connectivity index (χ0) is 13.9. The van der Waals surface area contributed by atoms with Crippen LogP contribution in [0.2, 0.25) is 0 Å². The van der Waals surface area contributed by atoms with Crippen LogP contribution >= 0.6 is 0 Å². The van der Waals surface area contributed by atoms with E-state index in [-0.39, 0.29) is 22.8 Å². The van der Waals surface area contributed by atoms with E-state index >= 15 is 0 Å². The Hall–Kier alpha value is -2.77. The summed E-state index contributed by atoms with van der Waals surface area (Å²) < 4.78 is 3.22. The third kappa shape index (κ3) is 1.22. The second-order valence-corrected chi connectivity index (χ2v) is 4.59. The third-order valence-electron chi connectivity index (χ3n) is 3.28. The van der Waals surface area contributed by atoms with E-state index in [0.717, 1.165) is 0 Å². The number of nitrogens with zero attached hydrogens (tertiary/aromatic N) is 6. The van der Waals surface area contributed by atoms with Gasteiger partial charge in [0.25, 0.3) is 5.91 Å². The maximum Gasteiger partial charge on any atom is 0.351 e. The second kappa shape index (κ2) is 3.62. The summed E-state index contributed by atoms with van der Waals surface area (Å²) in [6, 6.07) is 1.80. The molecule has 0 saturated heterocycles. The molecule has 8 heteroatoms. The number of rotatable bonds is 2. The highest BCUT2D eigenvalue weighted by Crippen LogP contribution is 2.12. The van der Waals surface area contributed by atoms with E-state index in [2.05, 4.69) is 15.1 Å². The molecular formula is C12H10N6O2. The van der Waals surface area contributed by atoms with Crippen LogP contribution in [0, 0.1) is 0 Å². The summed E-state index contributed by atoms with van der Waals surface area (Å²) in [7, 11) is 0. The lowest BCUT2D eigenvalue weighted by Gasteiger charge is -2.21. The van der Waals surface area contributed by atoms with Gasteiger partial charge in [0.15, 0.2) is 11.0 Å². The van der Waals surface area contributed by atoms with Crippen molar-refractivity contribution in [1.29, 1.82) is 0 Å². The SMILES string of the molecule is CCCN1C(=O)c2nc3nn4ccc[n+]4c3nc2=C1[O-]. The lowest BCUT2D eigenvalue weighted by Crippen LogP contribution is -2.32. The maximum absolute atomic E-state index is 12.2. The van der Waals surface area contributed by atoms with E-state index in [4.69, 9.17) is 0 Å². The fourth-order valence-corrected chi connectivity index (χ4v) is 2.39. The van der Waals surface area contributed by atoms with Crippen LogP contribution in [0.5, 0.6) is 0 Å². The van der Waals surface area contributed by atoms with Crippen LogP contribution in [0.1, 0.15) is 23.8 Å². The van der Waals surface area contributed by atoms with Crippen molar-refractivity contribution in [3.05, 3.63) is 29.5 Å². The van der Waals surface area contributed by atoms with E-state index in [0.29, 0.717) is 24.3 Å². The molecular weight excluding hydrogens is 260 g/mol. The van der Waals surface area contributed by atoms with Crippen LogP contribution in [-0.2, 0) is 0 Å². The van der Waals surface area contributed by atoms with Gasteiger partial charge in [-0.1, -0.05) is 16.5 Å². The summed E-state index contributed by atoms with van der Waals surface area (Å²) >= 11 is 0. The van der Waals surface area contributed by atoms with E-state index < -0.39 is 0 Å². The van der Waals surface area contributed by atoms with Gasteiger partial charge in [-0.3, -0.25) is 4.79 Å². The molecule has 0 spiro atoms. The van der Waals surface area contributed by atoms with Gasteiger partial charge in [-0.15, -0.1) is 4.52 Å². The van der Waals surface area contributed by atoms with Crippen molar-refractivity contribution in [1.82, 2.24) is 24.6 Å². The second-order valence-electron chi connectivity index (χ2n) is 4.59. The molecule has 3 aromatic rings. The van der Waals surface area contributed by atoms with Crippen LogP contribution in [0.15, 0.2) is 18.5 Å². The zero-order valence-electron chi connectivity index (χ0n) is 10.6. The van der Waals surface area contributed by atoms with Gasteiger partial charge in [0, 0.05) is 17.5 Å². The average Bonchev–Trinajstić information content (AvgIpc) is 3.07. The van der Waals surface area contributed by atoms with Crippen LogP contribution in [0.25, 0.3) is 17.2 Å². The number of amides is 1. The van der Waals surface area contributed by atoms with Gasteiger partial charge in [0.1, 0.15) is 0 Å². The van der Waals surface area contributed by atoms with Crippen LogP contribution in [0.3, 0.4) is 0 Å². The minimum atomic E-state index is -0.390. The molecule has 0 radical (unpaired) electrons. The summed E-state index contributed by atoms with van der Waals surface area (Å²) in [4.78, 5) is 21.8. The van der Waals surface area contributed by atoms with Crippen molar-refractivity contribution in [2.24, 2.45) is 0 Å². The first-order valence-corrected chi connectivity index (χ1v) is 6.30. The standard InChI is InChI=1S/C12H10N6O2/c1-2-4-16-11(19)7-8(12(16)20)14-10-9(13-7)15-18-6-3-5-17(10)18/h3,5-6H,2,4H2,1H3. The molecule has 0 fully saturated rings. The number of carbonyl (C=O) groups excluding carboxylic acids is 1. The Bertz CT molecular complexity index is 915. The van der Waals surface area contributed by atoms with Crippen LogP contribution in [-0.4, -0.2) is 37.0 Å². The minimum Gasteiger partial charge on any atom is -0.857 e. The van der Waals surface area contributed by atoms with Crippen LogP contribution < -0.4 is 15.0 Å². The Labute approximate surface area is 112 Å². The van der Waals surface area contributed by atoms with Crippen molar-refractivity contribution in [3.63, 3.8) is 0 Å². The number of aromatic nitrogens is 5.